The SMILES string of the molecule is C=CCC(CC)(C1=CC=CC1)C1c2cc(C(C)(C)C)ccc2-c2ccc(C(C)(C)C)cc21.[Zr]. The van der Waals surface area contributed by atoms with Crippen molar-refractivity contribution < 1.29 is 26.2 Å². The molecule has 0 spiro atoms. The van der Waals surface area contributed by atoms with Crippen LogP contribution in [0.4, 0.5) is 0 Å². The average Bonchev–Trinajstić information content (AvgIpc) is 3.37. The minimum Gasteiger partial charge on any atom is -0.103 e. The Balaban J connectivity index is 0.00000306. The molecule has 4 rings (SSSR count). The maximum atomic E-state index is 4.21. The number of rotatable bonds is 5. The largest absolute Gasteiger partial charge is 0.103 e. The van der Waals surface area contributed by atoms with E-state index in [0.717, 1.165) is 19.3 Å². The first-order valence-corrected chi connectivity index (χ1v) is 12.3. The van der Waals surface area contributed by atoms with Gasteiger partial charge in [-0.25, -0.2) is 0 Å². The Hall–Kier alpha value is -1.46. The number of fused-ring (bicyclic) bond motifs is 3. The Bertz CT molecular complexity index is 1040. The molecule has 2 aromatic rings. The van der Waals surface area contributed by atoms with Crippen LogP contribution in [0, 0.1) is 5.41 Å². The molecule has 0 saturated heterocycles. The van der Waals surface area contributed by atoms with Crippen molar-refractivity contribution in [3.05, 3.63) is 95.1 Å². The van der Waals surface area contributed by atoms with E-state index in [1.165, 1.54) is 33.4 Å². The fourth-order valence-corrected chi connectivity index (χ4v) is 5.87. The molecule has 2 aliphatic carbocycles. The van der Waals surface area contributed by atoms with E-state index in [1.807, 2.05) is 0 Å². The van der Waals surface area contributed by atoms with Crippen molar-refractivity contribution in [1.29, 1.82) is 0 Å². The number of benzene rings is 2. The maximum absolute atomic E-state index is 4.21. The zero-order valence-electron chi connectivity index (χ0n) is 21.7. The van der Waals surface area contributed by atoms with E-state index in [-0.39, 0.29) is 42.4 Å². The summed E-state index contributed by atoms with van der Waals surface area (Å²) in [5.41, 5.74) is 10.6. The average molecular weight is 516 g/mol. The van der Waals surface area contributed by atoms with E-state index in [2.05, 4.69) is 116 Å². The summed E-state index contributed by atoms with van der Waals surface area (Å²) in [7, 11) is 0. The second-order valence-corrected chi connectivity index (χ2v) is 11.9. The van der Waals surface area contributed by atoms with Gasteiger partial charge in [0.25, 0.3) is 0 Å². The smallest absolute Gasteiger partial charge is 0.0199 e. The minimum absolute atomic E-state index is 0. The van der Waals surface area contributed by atoms with E-state index in [1.54, 1.807) is 5.57 Å². The van der Waals surface area contributed by atoms with Gasteiger partial charge in [-0.2, -0.15) is 0 Å². The molecule has 0 saturated carbocycles. The Morgan fingerprint density at radius 2 is 1.39 bits per heavy atom. The van der Waals surface area contributed by atoms with Crippen LogP contribution in [0.1, 0.15) is 95.9 Å². The Kier molecular flexibility index (Phi) is 7.37. The van der Waals surface area contributed by atoms with Crippen molar-refractivity contribution in [1.82, 2.24) is 0 Å². The molecule has 1 heteroatoms. The van der Waals surface area contributed by atoms with Gasteiger partial charge in [0.15, 0.2) is 0 Å². The summed E-state index contributed by atoms with van der Waals surface area (Å²) in [5, 5.41) is 0. The predicted molar refractivity (Wildman–Crippen MR) is 140 cm³/mol. The van der Waals surface area contributed by atoms with Crippen LogP contribution in [0.3, 0.4) is 0 Å². The van der Waals surface area contributed by atoms with E-state index in [4.69, 9.17) is 0 Å². The number of hydrogen-bond donors (Lipinski definition) is 0. The van der Waals surface area contributed by atoms with Gasteiger partial charge in [0.2, 0.25) is 0 Å². The molecule has 2 aromatic carbocycles. The standard InChI is InChI=1S/C32H40.Zr/c1-9-19-32(10-2,22-13-11-12-14-22)29-27-20-23(30(3,4)5)15-17-25(27)26-18-16-24(21-28(26)29)31(6,7)8;/h9,11-13,15-18,20-21,29H,1,10,14,19H2,2-8H3;. The summed E-state index contributed by atoms with van der Waals surface area (Å²) in [6.45, 7) is 20.5. The van der Waals surface area contributed by atoms with Gasteiger partial charge < -0.3 is 0 Å². The van der Waals surface area contributed by atoms with Crippen LogP contribution in [-0.4, -0.2) is 0 Å². The van der Waals surface area contributed by atoms with Gasteiger partial charge in [0, 0.05) is 37.5 Å². The molecule has 0 bridgehead atoms. The first kappa shape index (κ1) is 26.2. The quantitative estimate of drug-likeness (QED) is 0.348. The van der Waals surface area contributed by atoms with Crippen LogP contribution in [0.15, 0.2) is 72.9 Å². The Labute approximate surface area is 221 Å². The summed E-state index contributed by atoms with van der Waals surface area (Å²) < 4.78 is 0. The molecule has 0 heterocycles. The second kappa shape index (κ2) is 9.30. The number of hydrogen-bond acceptors (Lipinski definition) is 0. The van der Waals surface area contributed by atoms with E-state index < -0.39 is 0 Å². The molecule has 0 radical (unpaired) electrons. The summed E-state index contributed by atoms with van der Waals surface area (Å²) in [6.07, 6.45) is 12.3. The van der Waals surface area contributed by atoms with Crippen LogP contribution >= 0.6 is 0 Å². The van der Waals surface area contributed by atoms with Crippen LogP contribution < -0.4 is 0 Å². The van der Waals surface area contributed by atoms with E-state index >= 15 is 0 Å². The van der Waals surface area contributed by atoms with Gasteiger partial charge in [-0.15, -0.1) is 6.58 Å². The molecule has 0 N–H and O–H groups in total. The van der Waals surface area contributed by atoms with Crippen molar-refractivity contribution >= 4 is 0 Å². The normalized spacial score (nSPS) is 17.1. The molecule has 0 fully saturated rings. The van der Waals surface area contributed by atoms with Crippen LogP contribution in [0.2, 0.25) is 0 Å². The molecule has 1 unspecified atom stereocenters. The minimum atomic E-state index is 0. The van der Waals surface area contributed by atoms with Crippen molar-refractivity contribution in [3.63, 3.8) is 0 Å². The molecule has 0 nitrogen and oxygen atoms in total. The van der Waals surface area contributed by atoms with Gasteiger partial charge in [-0.1, -0.05) is 115 Å². The van der Waals surface area contributed by atoms with Crippen LogP contribution in [0.5, 0.6) is 0 Å². The summed E-state index contributed by atoms with van der Waals surface area (Å²) in [6, 6.07) is 14.5. The van der Waals surface area contributed by atoms with E-state index in [0.29, 0.717) is 5.92 Å². The molecular weight excluding hydrogens is 476 g/mol. The molecule has 2 aliphatic rings. The molecule has 1 atom stereocenters. The predicted octanol–water partition coefficient (Wildman–Crippen LogP) is 9.25. The fourth-order valence-electron chi connectivity index (χ4n) is 5.87. The van der Waals surface area contributed by atoms with Crippen LogP contribution in [0.25, 0.3) is 11.1 Å². The summed E-state index contributed by atoms with van der Waals surface area (Å²) in [4.78, 5) is 0. The first-order chi connectivity index (χ1) is 15.0. The van der Waals surface area contributed by atoms with Gasteiger partial charge in [-0.3, -0.25) is 0 Å². The maximum Gasteiger partial charge on any atom is 0.0199 e. The number of allylic oxidation sites excluding steroid dienone is 5. The van der Waals surface area contributed by atoms with E-state index in [9.17, 15) is 0 Å². The third-order valence-electron chi connectivity index (χ3n) is 7.85. The molecule has 33 heavy (non-hydrogen) atoms. The Morgan fingerprint density at radius 1 is 0.879 bits per heavy atom. The van der Waals surface area contributed by atoms with Crippen molar-refractivity contribution in [2.45, 2.75) is 84.5 Å². The monoisotopic (exact) mass is 514 g/mol. The van der Waals surface area contributed by atoms with Crippen molar-refractivity contribution in [2.75, 3.05) is 0 Å². The third-order valence-corrected chi connectivity index (χ3v) is 7.85. The van der Waals surface area contributed by atoms with Gasteiger partial charge >= 0.3 is 0 Å². The van der Waals surface area contributed by atoms with Crippen molar-refractivity contribution in [2.24, 2.45) is 5.41 Å². The fraction of sp³-hybridized carbons (Fsp3) is 0.438. The zero-order chi connectivity index (χ0) is 23.3. The van der Waals surface area contributed by atoms with Crippen molar-refractivity contribution in [3.8, 4) is 11.1 Å². The third kappa shape index (κ3) is 4.48. The first-order valence-electron chi connectivity index (χ1n) is 12.3. The topological polar surface area (TPSA) is 0 Å². The van der Waals surface area contributed by atoms with Gasteiger partial charge in [0.1, 0.15) is 0 Å². The molecule has 0 aromatic heterocycles. The summed E-state index contributed by atoms with van der Waals surface area (Å²) in [5.74, 6) is 0.353. The van der Waals surface area contributed by atoms with Gasteiger partial charge in [-0.05, 0) is 63.5 Å². The molecule has 172 valence electrons. The van der Waals surface area contributed by atoms with Gasteiger partial charge in [0.05, 0.1) is 0 Å². The molecule has 0 amide bonds. The van der Waals surface area contributed by atoms with Crippen LogP contribution in [-0.2, 0) is 37.0 Å². The second-order valence-electron chi connectivity index (χ2n) is 11.9. The zero-order valence-corrected chi connectivity index (χ0v) is 24.1. The summed E-state index contributed by atoms with van der Waals surface area (Å²) >= 11 is 0. The molecular formula is C32H40Zr. The molecule has 0 aliphatic heterocycles. The Morgan fingerprint density at radius 3 is 1.76 bits per heavy atom.